The number of benzene rings is 1. The van der Waals surface area contributed by atoms with E-state index in [9.17, 15) is 18.0 Å². The summed E-state index contributed by atoms with van der Waals surface area (Å²) in [6.45, 7) is 1.84. The maximum atomic E-state index is 13.2. The fraction of sp³-hybridized carbons (Fsp3) is 0.455. The largest absolute Gasteiger partial charge is 0.342 e. The molecule has 3 aromatic rings. The minimum Gasteiger partial charge on any atom is -0.342 e. The molecule has 2 aliphatic rings. The van der Waals surface area contributed by atoms with Gasteiger partial charge in [-0.2, -0.15) is 4.31 Å². The summed E-state index contributed by atoms with van der Waals surface area (Å²) in [5, 5.41) is 1.75. The summed E-state index contributed by atoms with van der Waals surface area (Å²) in [6, 6.07) is 11.0. The van der Waals surface area contributed by atoms with Crippen LogP contribution in [0.1, 0.15) is 31.7 Å². The average molecular weight is 475 g/mol. The lowest BCUT2D eigenvalue weighted by Crippen LogP contribution is -2.48. The van der Waals surface area contributed by atoms with Gasteiger partial charge in [-0.25, -0.2) is 13.2 Å². The highest BCUT2D eigenvalue weighted by atomic mass is 32.2. The van der Waals surface area contributed by atoms with E-state index in [1.54, 1.807) is 17.5 Å². The van der Waals surface area contributed by atoms with Crippen molar-refractivity contribution in [3.05, 3.63) is 52.3 Å². The molecule has 2 aromatic heterocycles. The van der Waals surface area contributed by atoms with Crippen molar-refractivity contribution in [3.63, 3.8) is 0 Å². The third-order valence-electron chi connectivity index (χ3n) is 6.59. The molecule has 1 atom stereocenters. The molecule has 32 heavy (non-hydrogen) atoms. The van der Waals surface area contributed by atoms with Gasteiger partial charge in [-0.15, -0.1) is 11.3 Å². The zero-order chi connectivity index (χ0) is 22.3. The minimum atomic E-state index is -3.54. The van der Waals surface area contributed by atoms with Gasteiger partial charge in [0.2, 0.25) is 5.91 Å². The molecule has 10 heteroatoms. The van der Waals surface area contributed by atoms with E-state index in [-0.39, 0.29) is 30.1 Å². The number of likely N-dealkylation sites (tertiary alicyclic amines) is 1. The lowest BCUT2D eigenvalue weighted by atomic mass is 9.96. The van der Waals surface area contributed by atoms with Crippen LogP contribution in [0.5, 0.6) is 0 Å². The number of piperidine rings is 2. The van der Waals surface area contributed by atoms with Crippen molar-refractivity contribution in [2.45, 2.75) is 35.9 Å². The van der Waals surface area contributed by atoms with E-state index in [0.29, 0.717) is 49.5 Å². The summed E-state index contributed by atoms with van der Waals surface area (Å²) >= 11 is 1.21. The third-order valence-corrected chi connectivity index (χ3v) is 9.83. The highest BCUT2D eigenvalue weighted by Gasteiger charge is 2.36. The number of aromatic amines is 1. The van der Waals surface area contributed by atoms with Gasteiger partial charge >= 0.3 is 5.69 Å². The van der Waals surface area contributed by atoms with Gasteiger partial charge in [-0.1, -0.05) is 18.2 Å². The van der Waals surface area contributed by atoms with Crippen molar-refractivity contribution < 1.29 is 13.2 Å². The number of thiophene rings is 1. The molecule has 0 unspecified atom stereocenters. The minimum absolute atomic E-state index is 0.0285. The van der Waals surface area contributed by atoms with Crippen LogP contribution in [-0.2, 0) is 14.8 Å². The fourth-order valence-corrected chi connectivity index (χ4v) is 7.61. The molecule has 0 bridgehead atoms. The van der Waals surface area contributed by atoms with E-state index in [2.05, 4.69) is 4.98 Å². The molecule has 2 aliphatic heterocycles. The lowest BCUT2D eigenvalue weighted by Gasteiger charge is -2.37. The van der Waals surface area contributed by atoms with Crippen molar-refractivity contribution in [2.24, 2.45) is 5.92 Å². The number of imidazole rings is 1. The van der Waals surface area contributed by atoms with Crippen molar-refractivity contribution >= 4 is 38.3 Å². The highest BCUT2D eigenvalue weighted by molar-refractivity contribution is 7.91. The first-order valence-corrected chi connectivity index (χ1v) is 13.3. The molecule has 0 aliphatic carbocycles. The van der Waals surface area contributed by atoms with Gasteiger partial charge in [0.25, 0.3) is 10.0 Å². The number of nitrogens with zero attached hydrogens (tertiary/aromatic N) is 3. The Morgan fingerprint density at radius 2 is 1.81 bits per heavy atom. The second kappa shape index (κ2) is 8.49. The van der Waals surface area contributed by atoms with Crippen LogP contribution >= 0.6 is 11.3 Å². The highest BCUT2D eigenvalue weighted by Crippen LogP contribution is 2.30. The van der Waals surface area contributed by atoms with Crippen LogP contribution in [0.15, 0.2) is 50.8 Å². The lowest BCUT2D eigenvalue weighted by molar-refractivity contribution is -0.138. The maximum Gasteiger partial charge on any atom is 0.326 e. The molecule has 1 N–H and O–H groups in total. The second-order valence-electron chi connectivity index (χ2n) is 8.51. The Labute approximate surface area is 190 Å². The van der Waals surface area contributed by atoms with Gasteiger partial charge < -0.3 is 9.88 Å². The Bertz CT molecular complexity index is 1270. The number of hydrogen-bond acceptors (Lipinski definition) is 5. The number of sulfonamides is 1. The first-order valence-electron chi connectivity index (χ1n) is 11.0. The zero-order valence-electron chi connectivity index (χ0n) is 17.6. The normalized spacial score (nSPS) is 21.2. The van der Waals surface area contributed by atoms with Gasteiger partial charge in [-0.05, 0) is 49.3 Å². The Balaban J connectivity index is 1.25. The number of rotatable bonds is 4. The Kier molecular flexibility index (Phi) is 5.68. The van der Waals surface area contributed by atoms with E-state index >= 15 is 0 Å². The standard InChI is InChI=1S/C22H26N4O4S2/c27-21(16-5-3-11-25(15-16)32(29,30)20-8-4-14-31-20)24-12-9-17(10-13-24)26-19-7-2-1-6-18(19)23-22(26)28/h1-2,4,6-8,14,16-17H,3,5,9-13,15H2,(H,23,28)/t16-/m1/s1. The molecule has 1 amide bonds. The van der Waals surface area contributed by atoms with Gasteiger partial charge in [0.1, 0.15) is 4.21 Å². The molecule has 5 rings (SSSR count). The number of carbonyl (C=O) groups excluding carboxylic acids is 1. The smallest absolute Gasteiger partial charge is 0.326 e. The first-order chi connectivity index (χ1) is 15.4. The third kappa shape index (κ3) is 3.80. The molecule has 0 spiro atoms. The maximum absolute atomic E-state index is 13.2. The number of carbonyl (C=O) groups is 1. The van der Waals surface area contributed by atoms with Crippen molar-refractivity contribution in [2.75, 3.05) is 26.2 Å². The van der Waals surface area contributed by atoms with Crippen LogP contribution in [0, 0.1) is 5.92 Å². The first kappa shape index (κ1) is 21.4. The second-order valence-corrected chi connectivity index (χ2v) is 11.6. The number of para-hydroxylation sites is 2. The average Bonchev–Trinajstić information content (AvgIpc) is 3.47. The van der Waals surface area contributed by atoms with E-state index in [1.165, 1.54) is 15.6 Å². The zero-order valence-corrected chi connectivity index (χ0v) is 19.3. The van der Waals surface area contributed by atoms with Gasteiger partial charge in [-0.3, -0.25) is 9.36 Å². The SMILES string of the molecule is O=C([C@@H]1CCCN(S(=O)(=O)c2cccs2)C1)N1CCC(n2c(=O)[nH]c3ccccc32)CC1. The van der Waals surface area contributed by atoms with Crippen LogP contribution in [-0.4, -0.2) is 59.3 Å². The Hall–Kier alpha value is -2.43. The monoisotopic (exact) mass is 474 g/mol. The quantitative estimate of drug-likeness (QED) is 0.629. The Morgan fingerprint density at radius 3 is 2.56 bits per heavy atom. The van der Waals surface area contributed by atoms with Crippen LogP contribution < -0.4 is 5.69 Å². The molecule has 0 radical (unpaired) electrons. The predicted molar refractivity (Wildman–Crippen MR) is 123 cm³/mol. The number of hydrogen-bond donors (Lipinski definition) is 1. The molecular formula is C22H26N4O4S2. The summed E-state index contributed by atoms with van der Waals surface area (Å²) in [5.74, 6) is -0.286. The fourth-order valence-electron chi connectivity index (χ4n) is 4.94. The van der Waals surface area contributed by atoms with Crippen LogP contribution in [0.2, 0.25) is 0 Å². The summed E-state index contributed by atoms with van der Waals surface area (Å²) in [6.07, 6.45) is 2.80. The van der Waals surface area contributed by atoms with E-state index in [4.69, 9.17) is 0 Å². The number of nitrogens with one attached hydrogen (secondary N) is 1. The molecule has 1 aromatic carbocycles. The molecular weight excluding hydrogens is 448 g/mol. The van der Waals surface area contributed by atoms with E-state index in [0.717, 1.165) is 11.0 Å². The number of amides is 1. The van der Waals surface area contributed by atoms with Gasteiger partial charge in [0.15, 0.2) is 0 Å². The van der Waals surface area contributed by atoms with E-state index < -0.39 is 10.0 Å². The van der Waals surface area contributed by atoms with Crippen LogP contribution in [0.4, 0.5) is 0 Å². The van der Waals surface area contributed by atoms with Crippen molar-refractivity contribution in [1.82, 2.24) is 18.8 Å². The molecule has 170 valence electrons. The topological polar surface area (TPSA) is 95.5 Å². The van der Waals surface area contributed by atoms with Gasteiger partial charge in [0.05, 0.1) is 17.0 Å². The van der Waals surface area contributed by atoms with E-state index in [1.807, 2.05) is 33.7 Å². The summed E-state index contributed by atoms with van der Waals surface area (Å²) in [4.78, 5) is 30.5. The molecule has 8 nitrogen and oxygen atoms in total. The molecule has 2 fully saturated rings. The van der Waals surface area contributed by atoms with Gasteiger partial charge in [0, 0.05) is 32.2 Å². The summed E-state index contributed by atoms with van der Waals surface area (Å²) in [5.41, 5.74) is 1.60. The van der Waals surface area contributed by atoms with Crippen molar-refractivity contribution in [3.8, 4) is 0 Å². The molecule has 4 heterocycles. The van der Waals surface area contributed by atoms with Crippen LogP contribution in [0.25, 0.3) is 11.0 Å². The Morgan fingerprint density at radius 1 is 1.03 bits per heavy atom. The molecule has 0 saturated carbocycles. The number of fused-ring (bicyclic) bond motifs is 1. The molecule has 2 saturated heterocycles. The summed E-state index contributed by atoms with van der Waals surface area (Å²) < 4.78 is 29.4. The predicted octanol–water partition coefficient (Wildman–Crippen LogP) is 2.66. The van der Waals surface area contributed by atoms with Crippen molar-refractivity contribution in [1.29, 1.82) is 0 Å². The summed E-state index contributed by atoms with van der Waals surface area (Å²) in [7, 11) is -3.54. The number of aromatic nitrogens is 2. The van der Waals surface area contributed by atoms with Crippen LogP contribution in [0.3, 0.4) is 0 Å². The number of H-pyrrole nitrogens is 1.